The van der Waals surface area contributed by atoms with Gasteiger partial charge < -0.3 is 4.74 Å². The van der Waals surface area contributed by atoms with E-state index in [9.17, 15) is 9.59 Å². The first-order valence-electron chi connectivity index (χ1n) is 6.73. The van der Waals surface area contributed by atoms with Crippen molar-refractivity contribution < 1.29 is 14.3 Å². The monoisotopic (exact) mass is 261 g/mol. The van der Waals surface area contributed by atoms with Crippen molar-refractivity contribution >= 4 is 17.6 Å². The van der Waals surface area contributed by atoms with E-state index in [1.54, 1.807) is 17.0 Å². The van der Waals surface area contributed by atoms with Crippen LogP contribution in [-0.2, 0) is 4.74 Å². The van der Waals surface area contributed by atoms with Gasteiger partial charge in [-0.2, -0.15) is 0 Å². The molecule has 0 N–H and O–H groups in total. The maximum Gasteiger partial charge on any atom is 0.414 e. The van der Waals surface area contributed by atoms with E-state index in [1.807, 2.05) is 26.0 Å². The lowest BCUT2D eigenvalue weighted by Crippen LogP contribution is -2.44. The van der Waals surface area contributed by atoms with Gasteiger partial charge in [0.15, 0.2) is 5.78 Å². The van der Waals surface area contributed by atoms with Gasteiger partial charge in [0.2, 0.25) is 0 Å². The van der Waals surface area contributed by atoms with Gasteiger partial charge in [-0.05, 0) is 25.5 Å². The highest BCUT2D eigenvalue weighted by Crippen LogP contribution is 2.30. The van der Waals surface area contributed by atoms with Crippen LogP contribution in [0, 0.1) is 0 Å². The molecule has 19 heavy (non-hydrogen) atoms. The van der Waals surface area contributed by atoms with Gasteiger partial charge in [-0.15, -0.1) is 0 Å². The summed E-state index contributed by atoms with van der Waals surface area (Å²) in [5, 5.41) is 0. The molecule has 1 unspecified atom stereocenters. The lowest BCUT2D eigenvalue weighted by molar-refractivity contribution is 0.0965. The molecule has 0 radical (unpaired) electrons. The number of anilines is 1. The molecule has 4 heteroatoms. The number of rotatable bonds is 3. The second kappa shape index (κ2) is 5.87. The number of ether oxygens (including phenoxy) is 1. The summed E-state index contributed by atoms with van der Waals surface area (Å²) in [6.45, 7) is 4.34. The van der Waals surface area contributed by atoms with Gasteiger partial charge in [0.05, 0.1) is 12.3 Å². The average Bonchev–Trinajstić information content (AvgIpc) is 2.39. The van der Waals surface area contributed by atoms with Gasteiger partial charge in [0.25, 0.3) is 0 Å². The van der Waals surface area contributed by atoms with Crippen molar-refractivity contribution in [2.75, 3.05) is 11.5 Å². The first kappa shape index (κ1) is 13.6. The van der Waals surface area contributed by atoms with Crippen molar-refractivity contribution in [3.05, 3.63) is 29.8 Å². The Morgan fingerprint density at radius 2 is 2.16 bits per heavy atom. The fraction of sp³-hybridized carbons (Fsp3) is 0.467. The molecule has 4 nitrogen and oxygen atoms in total. The molecule has 1 aromatic carbocycles. The number of fused-ring (bicyclic) bond motifs is 1. The third-order valence-corrected chi connectivity index (χ3v) is 3.31. The van der Waals surface area contributed by atoms with E-state index in [4.69, 9.17) is 4.74 Å². The second-order valence-corrected chi connectivity index (χ2v) is 4.83. The van der Waals surface area contributed by atoms with E-state index in [2.05, 4.69) is 0 Å². The highest BCUT2D eigenvalue weighted by Gasteiger charge is 2.33. The van der Waals surface area contributed by atoms with Crippen LogP contribution in [0.25, 0.3) is 0 Å². The lowest BCUT2D eigenvalue weighted by Gasteiger charge is -2.33. The first-order valence-corrected chi connectivity index (χ1v) is 6.73. The maximum atomic E-state index is 12.1. The molecule has 1 amide bonds. The lowest BCUT2D eigenvalue weighted by atomic mass is 9.96. The highest BCUT2D eigenvalue weighted by molar-refractivity contribution is 6.08. The number of unbranched alkanes of at least 4 members (excludes halogenated alkanes) is 1. The zero-order valence-electron chi connectivity index (χ0n) is 11.4. The number of Topliss-reactive ketones (excluding diaryl/α,β-unsaturated/α-hetero) is 1. The first-order chi connectivity index (χ1) is 9.15. The number of carbonyl (C=O) groups is 2. The molecular formula is C15H19NO3. The number of ketones is 1. The Kier molecular flexibility index (Phi) is 4.20. The smallest absolute Gasteiger partial charge is 0.414 e. The fourth-order valence-electron chi connectivity index (χ4n) is 2.28. The molecule has 0 saturated carbocycles. The number of benzene rings is 1. The molecular weight excluding hydrogens is 242 g/mol. The summed E-state index contributed by atoms with van der Waals surface area (Å²) < 4.78 is 5.26. The summed E-state index contributed by atoms with van der Waals surface area (Å²) in [7, 11) is 0. The summed E-state index contributed by atoms with van der Waals surface area (Å²) in [4.78, 5) is 25.7. The molecule has 1 aliphatic rings. The molecule has 1 heterocycles. The van der Waals surface area contributed by atoms with E-state index in [-0.39, 0.29) is 17.9 Å². The molecule has 102 valence electrons. The largest absolute Gasteiger partial charge is 0.449 e. The Bertz CT molecular complexity index is 484. The molecule has 1 aromatic rings. The number of para-hydroxylation sites is 1. The number of hydrogen-bond acceptors (Lipinski definition) is 3. The third kappa shape index (κ3) is 2.78. The molecule has 0 bridgehead atoms. The highest BCUT2D eigenvalue weighted by atomic mass is 16.6. The van der Waals surface area contributed by atoms with Gasteiger partial charge >= 0.3 is 6.09 Å². The normalized spacial score (nSPS) is 18.1. The van der Waals surface area contributed by atoms with Gasteiger partial charge in [-0.25, -0.2) is 4.79 Å². The summed E-state index contributed by atoms with van der Waals surface area (Å²) in [6.07, 6.45) is 1.83. The van der Waals surface area contributed by atoms with E-state index in [1.165, 1.54) is 0 Å². The van der Waals surface area contributed by atoms with Crippen LogP contribution >= 0.6 is 0 Å². The van der Waals surface area contributed by atoms with Crippen LogP contribution in [-0.4, -0.2) is 24.5 Å². The zero-order chi connectivity index (χ0) is 13.8. The van der Waals surface area contributed by atoms with E-state index in [0.29, 0.717) is 24.3 Å². The number of nitrogens with zero attached hydrogens (tertiary/aromatic N) is 1. The zero-order valence-corrected chi connectivity index (χ0v) is 11.4. The van der Waals surface area contributed by atoms with Crippen molar-refractivity contribution in [3.8, 4) is 0 Å². The van der Waals surface area contributed by atoms with Crippen LogP contribution in [0.15, 0.2) is 24.3 Å². The minimum Gasteiger partial charge on any atom is -0.449 e. The topological polar surface area (TPSA) is 46.6 Å². The van der Waals surface area contributed by atoms with Crippen LogP contribution in [0.4, 0.5) is 10.5 Å². The van der Waals surface area contributed by atoms with Gasteiger partial charge in [0.1, 0.15) is 0 Å². The number of hydrogen-bond donors (Lipinski definition) is 0. The molecule has 0 spiro atoms. The Morgan fingerprint density at radius 3 is 2.89 bits per heavy atom. The van der Waals surface area contributed by atoms with Crippen LogP contribution in [0.1, 0.15) is 43.5 Å². The molecule has 2 rings (SSSR count). The predicted octanol–water partition coefficient (Wildman–Crippen LogP) is 3.40. The standard InChI is InChI=1S/C15H19NO3/c1-3-4-9-19-15(18)16-11(2)10-14(17)12-7-5-6-8-13(12)16/h5-8,11H,3-4,9-10H2,1-2H3. The molecule has 0 saturated heterocycles. The number of carbonyl (C=O) groups excluding carboxylic acids is 2. The van der Waals surface area contributed by atoms with Crippen molar-refractivity contribution in [2.45, 2.75) is 39.2 Å². The molecule has 0 fully saturated rings. The van der Waals surface area contributed by atoms with Crippen LogP contribution in [0.2, 0.25) is 0 Å². The summed E-state index contributed by atoms with van der Waals surface area (Å²) in [5.74, 6) is 0.0840. The maximum absolute atomic E-state index is 12.1. The Labute approximate surface area is 113 Å². The summed E-state index contributed by atoms with van der Waals surface area (Å²) in [5.41, 5.74) is 1.26. The van der Waals surface area contributed by atoms with Crippen LogP contribution in [0.3, 0.4) is 0 Å². The van der Waals surface area contributed by atoms with Gasteiger partial charge in [-0.3, -0.25) is 9.69 Å². The van der Waals surface area contributed by atoms with Crippen molar-refractivity contribution in [1.82, 2.24) is 0 Å². The second-order valence-electron chi connectivity index (χ2n) is 4.83. The molecule has 1 atom stereocenters. The van der Waals surface area contributed by atoms with Crippen molar-refractivity contribution in [1.29, 1.82) is 0 Å². The molecule has 1 aliphatic heterocycles. The van der Waals surface area contributed by atoms with E-state index < -0.39 is 0 Å². The molecule has 0 aromatic heterocycles. The van der Waals surface area contributed by atoms with Crippen LogP contribution in [0.5, 0.6) is 0 Å². The Morgan fingerprint density at radius 1 is 1.42 bits per heavy atom. The van der Waals surface area contributed by atoms with Gasteiger partial charge in [0, 0.05) is 18.0 Å². The predicted molar refractivity (Wildman–Crippen MR) is 73.6 cm³/mol. The minimum absolute atomic E-state index is 0.0840. The SMILES string of the molecule is CCCCOC(=O)N1c2ccccc2C(=O)CC1C. The van der Waals surface area contributed by atoms with E-state index in [0.717, 1.165) is 12.8 Å². The van der Waals surface area contributed by atoms with Crippen molar-refractivity contribution in [2.24, 2.45) is 0 Å². The van der Waals surface area contributed by atoms with Crippen molar-refractivity contribution in [3.63, 3.8) is 0 Å². The summed E-state index contributed by atoms with van der Waals surface area (Å²) >= 11 is 0. The van der Waals surface area contributed by atoms with E-state index >= 15 is 0 Å². The quantitative estimate of drug-likeness (QED) is 0.783. The minimum atomic E-state index is -0.360. The average molecular weight is 261 g/mol. The fourth-order valence-corrected chi connectivity index (χ4v) is 2.28. The summed E-state index contributed by atoms with van der Waals surface area (Å²) in [6, 6.07) is 7.04. The van der Waals surface area contributed by atoms with Crippen LogP contribution < -0.4 is 4.90 Å². The Balaban J connectivity index is 2.22. The molecule has 0 aliphatic carbocycles. The third-order valence-electron chi connectivity index (χ3n) is 3.31. The Hall–Kier alpha value is -1.84. The number of amides is 1. The van der Waals surface area contributed by atoms with Gasteiger partial charge in [-0.1, -0.05) is 25.5 Å².